The first-order chi connectivity index (χ1) is 20.7. The summed E-state index contributed by atoms with van der Waals surface area (Å²) >= 11 is 1.21. The number of carbonyl (C=O) groups excluding carboxylic acids is 1. The highest BCUT2D eigenvalue weighted by atomic mass is 32.1. The third kappa shape index (κ3) is 5.59. The van der Waals surface area contributed by atoms with E-state index in [2.05, 4.69) is 15.3 Å². The van der Waals surface area contributed by atoms with Crippen LogP contribution in [0, 0.1) is 24.0 Å². The van der Waals surface area contributed by atoms with Crippen molar-refractivity contribution in [3.8, 4) is 0 Å². The highest BCUT2D eigenvalue weighted by Gasteiger charge is 2.61. The maximum absolute atomic E-state index is 15.5. The van der Waals surface area contributed by atoms with E-state index in [-0.39, 0.29) is 41.4 Å². The molecule has 0 amide bonds. The molecule has 5 rings (SSSR count). The molecule has 0 unspecified atom stereocenters. The Labute approximate surface area is 253 Å². The normalized spacial score (nSPS) is 24.6. The van der Waals surface area contributed by atoms with Crippen LogP contribution < -0.4 is 5.32 Å². The van der Waals surface area contributed by atoms with Crippen LogP contribution in [-0.2, 0) is 19.2 Å². The molecule has 2 aromatic rings. The minimum Gasteiger partial charge on any atom is -0.481 e. The van der Waals surface area contributed by atoms with E-state index in [9.17, 15) is 23.5 Å². The van der Waals surface area contributed by atoms with Crippen LogP contribution >= 0.6 is 11.3 Å². The first kappa shape index (κ1) is 31.9. The van der Waals surface area contributed by atoms with E-state index >= 15 is 13.2 Å². The number of methoxy groups -OCH3 is 1. The van der Waals surface area contributed by atoms with Gasteiger partial charge in [0.05, 0.1) is 43.8 Å². The molecule has 4 heterocycles. The van der Waals surface area contributed by atoms with Gasteiger partial charge in [-0.2, -0.15) is 5.06 Å². The molecular formula is C28H30F5N5O5S. The number of alkyl halides is 3. The van der Waals surface area contributed by atoms with E-state index in [1.165, 1.54) is 35.4 Å². The SMILES string of the molecule is COC(=O)C1=C(CN2CC(F)(F)[C@@H]3[C@H]2CON3C[C@@H](F)C(C)(C)C(=O)O)NC(c2nccs2)=N[C@H]1c1ccc(F)c(F)c1C. The van der Waals surface area contributed by atoms with Crippen molar-refractivity contribution < 1.29 is 46.2 Å². The molecule has 3 aliphatic rings. The Kier molecular flexibility index (Phi) is 8.56. The van der Waals surface area contributed by atoms with Crippen LogP contribution in [0.5, 0.6) is 0 Å². The molecule has 0 bridgehead atoms. The number of hydroxylamine groups is 2. The lowest BCUT2D eigenvalue weighted by atomic mass is 9.87. The van der Waals surface area contributed by atoms with Crippen LogP contribution in [0.4, 0.5) is 22.0 Å². The molecule has 10 nitrogen and oxygen atoms in total. The zero-order valence-corrected chi connectivity index (χ0v) is 24.9. The van der Waals surface area contributed by atoms with E-state index < -0.39 is 72.3 Å². The number of aliphatic imine (C=N–C) groups is 1. The Bertz CT molecular complexity index is 1520. The number of carboxylic acid groups (broad SMARTS) is 1. The average Bonchev–Trinajstić information content (AvgIpc) is 3.70. The number of esters is 1. The van der Waals surface area contributed by atoms with Crippen molar-refractivity contribution in [3.63, 3.8) is 0 Å². The number of aliphatic carboxylic acids is 1. The Hall–Kier alpha value is -3.47. The predicted molar refractivity (Wildman–Crippen MR) is 148 cm³/mol. The second-order valence-electron chi connectivity index (χ2n) is 11.4. The molecule has 238 valence electrons. The van der Waals surface area contributed by atoms with Gasteiger partial charge in [0.2, 0.25) is 0 Å². The molecule has 0 aliphatic carbocycles. The lowest BCUT2D eigenvalue weighted by Crippen LogP contribution is -2.50. The number of nitrogens with one attached hydrogen (secondary N) is 1. The summed E-state index contributed by atoms with van der Waals surface area (Å²) in [6, 6.07) is -1.57. The number of nitrogens with zero attached hydrogens (tertiary/aromatic N) is 4. The average molecular weight is 644 g/mol. The number of hydrogen-bond donors (Lipinski definition) is 2. The number of carboxylic acids is 1. The second-order valence-corrected chi connectivity index (χ2v) is 12.3. The maximum atomic E-state index is 15.5. The zero-order chi connectivity index (χ0) is 32.1. The Balaban J connectivity index is 1.51. The van der Waals surface area contributed by atoms with Crippen LogP contribution in [0.3, 0.4) is 0 Å². The van der Waals surface area contributed by atoms with E-state index in [1.807, 2.05) is 0 Å². The Morgan fingerprint density at radius 1 is 1.32 bits per heavy atom. The van der Waals surface area contributed by atoms with Crippen LogP contribution in [0.2, 0.25) is 0 Å². The van der Waals surface area contributed by atoms with Crippen molar-refractivity contribution >= 4 is 29.1 Å². The first-order valence-electron chi connectivity index (χ1n) is 13.6. The monoisotopic (exact) mass is 643 g/mol. The highest BCUT2D eigenvalue weighted by molar-refractivity contribution is 7.11. The fourth-order valence-corrected chi connectivity index (χ4v) is 6.17. The number of amidine groups is 1. The number of benzene rings is 1. The summed E-state index contributed by atoms with van der Waals surface area (Å²) in [4.78, 5) is 40.4. The summed E-state index contributed by atoms with van der Waals surface area (Å²) < 4.78 is 79.8. The minimum absolute atomic E-state index is 0.0995. The summed E-state index contributed by atoms with van der Waals surface area (Å²) in [5.74, 6) is -7.73. The number of fused-ring (bicyclic) bond motifs is 1. The lowest BCUT2D eigenvalue weighted by molar-refractivity contribution is -0.196. The lowest BCUT2D eigenvalue weighted by Gasteiger charge is -2.31. The fourth-order valence-electron chi connectivity index (χ4n) is 5.58. The first-order valence-corrected chi connectivity index (χ1v) is 14.4. The van der Waals surface area contributed by atoms with Gasteiger partial charge >= 0.3 is 11.9 Å². The van der Waals surface area contributed by atoms with Gasteiger partial charge < -0.3 is 15.2 Å². The van der Waals surface area contributed by atoms with Gasteiger partial charge in [0.1, 0.15) is 18.3 Å². The minimum atomic E-state index is -3.41. The molecule has 2 fully saturated rings. The molecule has 2 saturated heterocycles. The van der Waals surface area contributed by atoms with Crippen LogP contribution in [-0.4, -0.2) is 95.4 Å². The Morgan fingerprint density at radius 2 is 2.05 bits per heavy atom. The van der Waals surface area contributed by atoms with E-state index in [4.69, 9.17) is 9.57 Å². The van der Waals surface area contributed by atoms with Gasteiger partial charge in [-0.05, 0) is 38.0 Å². The van der Waals surface area contributed by atoms with Crippen molar-refractivity contribution in [1.29, 1.82) is 0 Å². The predicted octanol–water partition coefficient (Wildman–Crippen LogP) is 3.63. The summed E-state index contributed by atoms with van der Waals surface area (Å²) in [6.07, 6.45) is -0.504. The van der Waals surface area contributed by atoms with E-state index in [0.29, 0.717) is 5.01 Å². The van der Waals surface area contributed by atoms with Gasteiger partial charge in [0.15, 0.2) is 22.5 Å². The van der Waals surface area contributed by atoms with Crippen LogP contribution in [0.15, 0.2) is 40.0 Å². The molecule has 1 aromatic carbocycles. The third-order valence-corrected chi connectivity index (χ3v) is 9.06. The van der Waals surface area contributed by atoms with Gasteiger partial charge in [-0.1, -0.05) is 6.07 Å². The fraction of sp³-hybridized carbons (Fsp3) is 0.500. The molecule has 0 spiro atoms. The molecular weight excluding hydrogens is 613 g/mol. The zero-order valence-electron chi connectivity index (χ0n) is 24.1. The van der Waals surface area contributed by atoms with E-state index in [1.54, 1.807) is 5.38 Å². The van der Waals surface area contributed by atoms with Crippen molar-refractivity contribution in [3.05, 3.63) is 62.7 Å². The van der Waals surface area contributed by atoms with Crippen molar-refractivity contribution in [2.45, 2.75) is 51.0 Å². The second kappa shape index (κ2) is 11.8. The number of rotatable bonds is 9. The number of halogens is 5. The number of hydrogen-bond acceptors (Lipinski definition) is 10. The number of likely N-dealkylation sites (tertiary alicyclic amines) is 1. The van der Waals surface area contributed by atoms with Gasteiger partial charge in [0.25, 0.3) is 5.92 Å². The molecule has 4 atom stereocenters. The van der Waals surface area contributed by atoms with Crippen molar-refractivity contribution in [1.82, 2.24) is 20.3 Å². The molecule has 2 N–H and O–H groups in total. The third-order valence-electron chi connectivity index (χ3n) is 8.28. The molecule has 16 heteroatoms. The molecule has 3 aliphatic heterocycles. The van der Waals surface area contributed by atoms with Crippen molar-refractivity contribution in [2.24, 2.45) is 10.4 Å². The smallest absolute Gasteiger partial charge is 0.338 e. The summed E-state index contributed by atoms with van der Waals surface area (Å²) in [5, 5.41) is 15.3. The Morgan fingerprint density at radius 3 is 2.68 bits per heavy atom. The van der Waals surface area contributed by atoms with Gasteiger partial charge in [-0.3, -0.25) is 19.5 Å². The number of ether oxygens (including phenoxy) is 1. The molecule has 1 aromatic heterocycles. The number of aromatic nitrogens is 1. The largest absolute Gasteiger partial charge is 0.481 e. The van der Waals surface area contributed by atoms with E-state index in [0.717, 1.165) is 32.1 Å². The maximum Gasteiger partial charge on any atom is 0.338 e. The van der Waals surface area contributed by atoms with Gasteiger partial charge in [-0.15, -0.1) is 11.3 Å². The quantitative estimate of drug-likeness (QED) is 0.312. The van der Waals surface area contributed by atoms with Gasteiger partial charge in [0, 0.05) is 23.8 Å². The van der Waals surface area contributed by atoms with Crippen LogP contribution in [0.25, 0.3) is 0 Å². The molecule has 0 radical (unpaired) electrons. The number of carbonyl (C=O) groups is 2. The summed E-state index contributed by atoms with van der Waals surface area (Å²) in [5.41, 5.74) is -1.77. The van der Waals surface area contributed by atoms with Gasteiger partial charge in [-0.25, -0.2) is 31.7 Å². The number of thiazole rings is 1. The summed E-state index contributed by atoms with van der Waals surface area (Å²) in [7, 11) is 1.12. The molecule has 44 heavy (non-hydrogen) atoms. The van der Waals surface area contributed by atoms with Crippen LogP contribution in [0.1, 0.15) is 36.0 Å². The summed E-state index contributed by atoms with van der Waals surface area (Å²) in [6.45, 7) is 1.64. The standard InChI is InChI=1S/C28H30F5N5O5S/c1-13-14(5-6-15(29)20(13)31)21-19(25(39)42-4)16(35-23(36-21)24-34-7-8-44-24)9-37-12-28(32,33)22-17(37)11-43-38(22)10-18(30)27(2,3)26(40)41/h5-8,17-18,21-22H,9-12H2,1-4H3,(H,35,36)(H,40,41)/t17-,18-,21+,22+/m1/s1. The molecule has 0 saturated carbocycles. The highest BCUT2D eigenvalue weighted by Crippen LogP contribution is 2.43. The van der Waals surface area contributed by atoms with Crippen molar-refractivity contribution in [2.75, 3.05) is 33.4 Å². The topological polar surface area (TPSA) is 117 Å².